The van der Waals surface area contributed by atoms with Crippen LogP contribution in [0.2, 0.25) is 0 Å². The summed E-state index contributed by atoms with van der Waals surface area (Å²) < 4.78 is 6.71. The number of nitrogens with one attached hydrogen (secondary N) is 1. The molecule has 5 nitrogen and oxygen atoms in total. The summed E-state index contributed by atoms with van der Waals surface area (Å²) in [7, 11) is 0. The van der Waals surface area contributed by atoms with Gasteiger partial charge in [0.15, 0.2) is 11.6 Å². The minimum atomic E-state index is 0.0422. The van der Waals surface area contributed by atoms with Gasteiger partial charge < -0.3 is 4.74 Å². The van der Waals surface area contributed by atoms with Crippen molar-refractivity contribution in [1.82, 2.24) is 15.2 Å². The van der Waals surface area contributed by atoms with Gasteiger partial charge in [0.25, 0.3) is 0 Å². The molecule has 26 heavy (non-hydrogen) atoms. The Bertz CT molecular complexity index is 881. The van der Waals surface area contributed by atoms with Crippen LogP contribution < -0.4 is 4.74 Å². The van der Waals surface area contributed by atoms with Crippen LogP contribution in [0, 0.1) is 0 Å². The van der Waals surface area contributed by atoms with E-state index in [1.807, 2.05) is 36.4 Å². The average Bonchev–Trinajstić information content (AvgIpc) is 3.14. The molecule has 0 aliphatic carbocycles. The molecule has 0 aliphatic heterocycles. The molecule has 3 rings (SSSR count). The molecule has 3 aromatic rings. The summed E-state index contributed by atoms with van der Waals surface area (Å²) in [6, 6.07) is 15.0. The van der Waals surface area contributed by atoms with Gasteiger partial charge >= 0.3 is 0 Å². The largest absolute Gasteiger partial charge is 0.493 e. The summed E-state index contributed by atoms with van der Waals surface area (Å²) in [5, 5.41) is 7.67. The van der Waals surface area contributed by atoms with Crippen molar-refractivity contribution in [3.63, 3.8) is 0 Å². The molecule has 0 atom stereocenters. The fourth-order valence-electron chi connectivity index (χ4n) is 2.28. The highest BCUT2D eigenvalue weighted by atomic mass is 79.9. The first-order valence-electron chi connectivity index (χ1n) is 8.23. The summed E-state index contributed by atoms with van der Waals surface area (Å²) in [4.78, 5) is 16.7. The molecule has 0 amide bonds. The van der Waals surface area contributed by atoms with E-state index in [0.717, 1.165) is 22.2 Å². The second-order valence-electron chi connectivity index (χ2n) is 5.53. The molecule has 0 aliphatic rings. The molecule has 0 saturated heterocycles. The molecule has 0 bridgehead atoms. The van der Waals surface area contributed by atoms with Crippen LogP contribution in [0.5, 0.6) is 5.75 Å². The highest BCUT2D eigenvalue weighted by Crippen LogP contribution is 2.28. The number of benzene rings is 2. The summed E-state index contributed by atoms with van der Waals surface area (Å²) in [5.41, 5.74) is 1.54. The monoisotopic (exact) mass is 431 g/mol. The van der Waals surface area contributed by atoms with E-state index < -0.39 is 0 Å². The molecule has 0 spiro atoms. The molecule has 1 heterocycles. The molecular weight excluding hydrogens is 414 g/mol. The lowest BCUT2D eigenvalue weighted by atomic mass is 10.2. The molecule has 0 fully saturated rings. The third-order valence-corrected chi connectivity index (χ3v) is 4.94. The van der Waals surface area contributed by atoms with E-state index >= 15 is 0 Å². The molecule has 0 radical (unpaired) electrons. The molecule has 2 aromatic carbocycles. The van der Waals surface area contributed by atoms with Crippen molar-refractivity contribution in [2.45, 2.75) is 18.5 Å². The number of thioether (sulfide) groups is 1. The number of ether oxygens (including phenoxy) is 1. The first-order valence-corrected chi connectivity index (χ1v) is 10.0. The summed E-state index contributed by atoms with van der Waals surface area (Å²) in [6.45, 7) is 2.71. The average molecular weight is 432 g/mol. The predicted molar refractivity (Wildman–Crippen MR) is 107 cm³/mol. The lowest BCUT2D eigenvalue weighted by molar-refractivity contribution is 0.102. The number of aromatic amines is 1. The molecular formula is C19H18BrN3O2S. The van der Waals surface area contributed by atoms with Crippen molar-refractivity contribution in [1.29, 1.82) is 0 Å². The van der Waals surface area contributed by atoms with Gasteiger partial charge in [-0.2, -0.15) is 0 Å². The zero-order valence-electron chi connectivity index (χ0n) is 14.2. The van der Waals surface area contributed by atoms with Crippen LogP contribution in [0.15, 0.2) is 58.2 Å². The number of halogens is 1. The van der Waals surface area contributed by atoms with Crippen molar-refractivity contribution in [2.75, 3.05) is 12.4 Å². The SMILES string of the molecule is CCCOc1ccccc1-c1nc(SCC(=O)c2ccc(Br)cc2)n[nH]1. The number of ketones is 1. The maximum atomic E-state index is 12.3. The topological polar surface area (TPSA) is 67.9 Å². The van der Waals surface area contributed by atoms with E-state index in [-0.39, 0.29) is 11.5 Å². The van der Waals surface area contributed by atoms with Crippen LogP contribution in [0.25, 0.3) is 11.4 Å². The van der Waals surface area contributed by atoms with Crippen LogP contribution in [-0.4, -0.2) is 33.3 Å². The fraction of sp³-hybridized carbons (Fsp3) is 0.211. The fourth-order valence-corrected chi connectivity index (χ4v) is 3.24. The third-order valence-electron chi connectivity index (χ3n) is 3.57. The molecule has 7 heteroatoms. The summed E-state index contributed by atoms with van der Waals surface area (Å²) in [5.74, 6) is 1.73. The zero-order chi connectivity index (χ0) is 18.4. The van der Waals surface area contributed by atoms with Gasteiger partial charge in [0.05, 0.1) is 17.9 Å². The van der Waals surface area contributed by atoms with E-state index in [9.17, 15) is 4.79 Å². The van der Waals surface area contributed by atoms with Gasteiger partial charge in [-0.25, -0.2) is 4.98 Å². The number of carbonyl (C=O) groups is 1. The maximum absolute atomic E-state index is 12.3. The predicted octanol–water partition coefficient (Wildman–Crippen LogP) is 5.00. The second kappa shape index (κ2) is 9.00. The van der Waals surface area contributed by atoms with Gasteiger partial charge in [-0.3, -0.25) is 9.89 Å². The summed E-state index contributed by atoms with van der Waals surface area (Å²) >= 11 is 4.68. The Morgan fingerprint density at radius 1 is 1.19 bits per heavy atom. The normalized spacial score (nSPS) is 10.7. The first-order chi connectivity index (χ1) is 12.7. The van der Waals surface area contributed by atoms with E-state index in [0.29, 0.717) is 23.2 Å². The Balaban J connectivity index is 1.67. The van der Waals surface area contributed by atoms with Crippen molar-refractivity contribution >= 4 is 33.5 Å². The molecule has 1 N–H and O–H groups in total. The Hall–Kier alpha value is -2.12. The molecule has 0 saturated carbocycles. The van der Waals surface area contributed by atoms with Gasteiger partial charge in [0.2, 0.25) is 5.16 Å². The third kappa shape index (κ3) is 4.74. The van der Waals surface area contributed by atoms with Crippen molar-refractivity contribution in [3.05, 3.63) is 58.6 Å². The molecule has 134 valence electrons. The van der Waals surface area contributed by atoms with Crippen LogP contribution in [0.4, 0.5) is 0 Å². The van der Waals surface area contributed by atoms with Crippen LogP contribution >= 0.6 is 27.7 Å². The number of hydrogen-bond donors (Lipinski definition) is 1. The van der Waals surface area contributed by atoms with Gasteiger partial charge in [-0.05, 0) is 30.7 Å². The Morgan fingerprint density at radius 3 is 2.73 bits per heavy atom. The molecule has 0 unspecified atom stereocenters. The Morgan fingerprint density at radius 2 is 1.96 bits per heavy atom. The Labute approximate surface area is 164 Å². The Kier molecular flexibility index (Phi) is 6.46. The maximum Gasteiger partial charge on any atom is 0.209 e. The zero-order valence-corrected chi connectivity index (χ0v) is 16.6. The number of rotatable bonds is 8. The number of carbonyl (C=O) groups excluding carboxylic acids is 1. The standard InChI is InChI=1S/C19H18BrN3O2S/c1-2-11-25-17-6-4-3-5-15(17)18-21-19(23-22-18)26-12-16(24)13-7-9-14(20)10-8-13/h3-10H,2,11-12H2,1H3,(H,21,22,23). The van der Waals surface area contributed by atoms with Gasteiger partial charge in [-0.15, -0.1) is 5.10 Å². The second-order valence-corrected chi connectivity index (χ2v) is 7.39. The van der Waals surface area contributed by atoms with Crippen LogP contribution in [0.1, 0.15) is 23.7 Å². The quantitative estimate of drug-likeness (QED) is 0.401. The van der Waals surface area contributed by atoms with Crippen molar-refractivity contribution < 1.29 is 9.53 Å². The van der Waals surface area contributed by atoms with E-state index in [4.69, 9.17) is 4.74 Å². The van der Waals surface area contributed by atoms with Crippen molar-refractivity contribution in [3.8, 4) is 17.1 Å². The van der Waals surface area contributed by atoms with Gasteiger partial charge in [-0.1, -0.05) is 58.9 Å². The number of Topliss-reactive ketones (excluding diaryl/α,β-unsaturated/α-hetero) is 1. The number of nitrogens with zero attached hydrogens (tertiary/aromatic N) is 2. The van der Waals surface area contributed by atoms with E-state index in [2.05, 4.69) is 38.0 Å². The van der Waals surface area contributed by atoms with Crippen LogP contribution in [0.3, 0.4) is 0 Å². The van der Waals surface area contributed by atoms with Crippen molar-refractivity contribution in [2.24, 2.45) is 0 Å². The smallest absolute Gasteiger partial charge is 0.209 e. The van der Waals surface area contributed by atoms with E-state index in [1.165, 1.54) is 11.8 Å². The number of para-hydroxylation sites is 1. The minimum absolute atomic E-state index is 0.0422. The number of hydrogen-bond acceptors (Lipinski definition) is 5. The van der Waals surface area contributed by atoms with E-state index in [1.54, 1.807) is 12.1 Å². The number of H-pyrrole nitrogens is 1. The minimum Gasteiger partial charge on any atom is -0.493 e. The number of aromatic nitrogens is 3. The molecule has 1 aromatic heterocycles. The highest BCUT2D eigenvalue weighted by Gasteiger charge is 2.13. The van der Waals surface area contributed by atoms with Gasteiger partial charge in [0.1, 0.15) is 5.75 Å². The lowest BCUT2D eigenvalue weighted by Gasteiger charge is -2.08. The first kappa shape index (κ1) is 18.7. The lowest BCUT2D eigenvalue weighted by Crippen LogP contribution is -2.02. The van der Waals surface area contributed by atoms with Crippen LogP contribution in [-0.2, 0) is 0 Å². The van der Waals surface area contributed by atoms with Gasteiger partial charge in [0, 0.05) is 10.0 Å². The highest BCUT2D eigenvalue weighted by molar-refractivity contribution is 9.10. The summed E-state index contributed by atoms with van der Waals surface area (Å²) in [6.07, 6.45) is 0.935.